The van der Waals surface area contributed by atoms with E-state index in [0.717, 1.165) is 5.56 Å². The highest BCUT2D eigenvalue weighted by Gasteiger charge is 2.23. The van der Waals surface area contributed by atoms with Crippen LogP contribution in [0.3, 0.4) is 0 Å². The van der Waals surface area contributed by atoms with Crippen molar-refractivity contribution in [2.75, 3.05) is 0 Å². The Morgan fingerprint density at radius 1 is 0.944 bits per heavy atom. The Kier molecular flexibility index (Phi) is 3.18. The fraction of sp³-hybridized carbons (Fsp3) is 0.308. The maximum atomic E-state index is 5.83. The van der Waals surface area contributed by atoms with Crippen molar-refractivity contribution in [3.63, 3.8) is 0 Å². The average Bonchev–Trinajstić information content (AvgIpc) is 2.26. The Morgan fingerprint density at radius 3 is 2.22 bits per heavy atom. The molecule has 5 heteroatoms. The monoisotopic (exact) mass is 279 g/mol. The van der Waals surface area contributed by atoms with E-state index >= 15 is 0 Å². The molecular weight excluding hydrogens is 269 g/mol. The topological polar surface area (TPSA) is 38.7 Å². The van der Waals surface area contributed by atoms with Crippen molar-refractivity contribution < 1.29 is 0 Å². The summed E-state index contributed by atoms with van der Waals surface area (Å²) in [7, 11) is 0. The average molecular weight is 280 g/mol. The maximum Gasteiger partial charge on any atom is 0.227 e. The molecule has 3 nitrogen and oxygen atoms in total. The van der Waals surface area contributed by atoms with Crippen molar-refractivity contribution in [1.82, 2.24) is 15.0 Å². The summed E-state index contributed by atoms with van der Waals surface area (Å²) < 4.78 is 0. The van der Waals surface area contributed by atoms with Gasteiger partial charge in [0.25, 0.3) is 0 Å². The SMILES string of the molecule is Clc1nc(Cl)nc(-c2ccccc2C2CCC2)n1. The normalized spacial score (nSPS) is 15.4. The van der Waals surface area contributed by atoms with Crippen LogP contribution in [-0.4, -0.2) is 15.0 Å². The molecule has 1 heterocycles. The lowest BCUT2D eigenvalue weighted by Gasteiger charge is -2.27. The number of nitrogens with zero attached hydrogens (tertiary/aromatic N) is 3. The predicted octanol–water partition coefficient (Wildman–Crippen LogP) is 4.11. The van der Waals surface area contributed by atoms with Crippen molar-refractivity contribution in [2.45, 2.75) is 25.2 Å². The summed E-state index contributed by atoms with van der Waals surface area (Å²) in [5.41, 5.74) is 2.29. The van der Waals surface area contributed by atoms with E-state index in [1.165, 1.54) is 24.8 Å². The zero-order chi connectivity index (χ0) is 12.5. The van der Waals surface area contributed by atoms with Crippen LogP contribution < -0.4 is 0 Å². The summed E-state index contributed by atoms with van der Waals surface area (Å²) in [6.45, 7) is 0. The van der Waals surface area contributed by atoms with Gasteiger partial charge in [-0.3, -0.25) is 0 Å². The second kappa shape index (κ2) is 4.82. The summed E-state index contributed by atoms with van der Waals surface area (Å²) in [5, 5.41) is 0.266. The number of rotatable bonds is 2. The number of aromatic nitrogens is 3. The van der Waals surface area contributed by atoms with Gasteiger partial charge in [0.1, 0.15) is 0 Å². The molecule has 1 aliphatic carbocycles. The van der Waals surface area contributed by atoms with Crippen LogP contribution in [0.5, 0.6) is 0 Å². The van der Waals surface area contributed by atoms with Gasteiger partial charge in [-0.2, -0.15) is 15.0 Å². The molecule has 0 N–H and O–H groups in total. The van der Waals surface area contributed by atoms with Crippen LogP contribution in [0.15, 0.2) is 24.3 Å². The molecule has 0 amide bonds. The molecule has 0 bridgehead atoms. The first-order valence-corrected chi connectivity index (χ1v) is 6.66. The fourth-order valence-electron chi connectivity index (χ4n) is 2.22. The van der Waals surface area contributed by atoms with Gasteiger partial charge in [-0.25, -0.2) is 0 Å². The molecule has 0 aliphatic heterocycles. The largest absolute Gasteiger partial charge is 0.227 e. The summed E-state index contributed by atoms with van der Waals surface area (Å²) in [5.74, 6) is 1.16. The Morgan fingerprint density at radius 2 is 1.61 bits per heavy atom. The molecule has 0 spiro atoms. The molecule has 0 unspecified atom stereocenters. The van der Waals surface area contributed by atoms with Gasteiger partial charge in [0, 0.05) is 5.56 Å². The smallest absolute Gasteiger partial charge is 0.198 e. The number of halogens is 2. The standard InChI is InChI=1S/C13H11Cl2N3/c14-12-16-11(17-13(15)18-12)10-7-2-1-6-9(10)8-4-3-5-8/h1-2,6-8H,3-5H2. The summed E-state index contributed by atoms with van der Waals surface area (Å²) in [4.78, 5) is 12.1. The molecule has 92 valence electrons. The molecule has 1 fully saturated rings. The summed E-state index contributed by atoms with van der Waals surface area (Å²) in [6.07, 6.45) is 3.74. The fourth-order valence-corrected chi connectivity index (χ4v) is 2.59. The lowest BCUT2D eigenvalue weighted by Crippen LogP contribution is -2.10. The first kappa shape index (κ1) is 11.9. The highest BCUT2D eigenvalue weighted by atomic mass is 35.5. The van der Waals surface area contributed by atoms with Gasteiger partial charge in [-0.15, -0.1) is 0 Å². The molecule has 1 aliphatic rings. The minimum Gasteiger partial charge on any atom is -0.198 e. The van der Waals surface area contributed by atoms with Crippen LogP contribution in [0, 0.1) is 0 Å². The molecule has 18 heavy (non-hydrogen) atoms. The third-order valence-corrected chi connectivity index (χ3v) is 3.67. The zero-order valence-electron chi connectivity index (χ0n) is 9.61. The molecule has 3 rings (SSSR count). The van der Waals surface area contributed by atoms with Crippen molar-refractivity contribution in [1.29, 1.82) is 0 Å². The van der Waals surface area contributed by atoms with Crippen LogP contribution >= 0.6 is 23.2 Å². The second-order valence-electron chi connectivity index (χ2n) is 4.41. The van der Waals surface area contributed by atoms with Gasteiger partial charge in [0.15, 0.2) is 5.82 Å². The number of benzene rings is 1. The highest BCUT2D eigenvalue weighted by Crippen LogP contribution is 2.40. The Hall–Kier alpha value is -1.19. The maximum absolute atomic E-state index is 5.83. The van der Waals surface area contributed by atoms with Gasteiger partial charge in [-0.1, -0.05) is 30.7 Å². The van der Waals surface area contributed by atoms with E-state index < -0.39 is 0 Å². The molecule has 1 saturated carbocycles. The van der Waals surface area contributed by atoms with E-state index in [4.69, 9.17) is 23.2 Å². The van der Waals surface area contributed by atoms with E-state index in [1.807, 2.05) is 18.2 Å². The summed E-state index contributed by atoms with van der Waals surface area (Å²) in [6, 6.07) is 8.16. The highest BCUT2D eigenvalue weighted by molar-refractivity contribution is 6.31. The van der Waals surface area contributed by atoms with Gasteiger partial charge in [-0.05, 0) is 47.5 Å². The van der Waals surface area contributed by atoms with Crippen LogP contribution in [0.4, 0.5) is 0 Å². The van der Waals surface area contributed by atoms with Crippen LogP contribution in [0.1, 0.15) is 30.7 Å². The molecule has 2 aromatic rings. The molecular formula is C13H11Cl2N3. The van der Waals surface area contributed by atoms with Crippen molar-refractivity contribution in [3.05, 3.63) is 40.4 Å². The Bertz CT molecular complexity index is 562. The van der Waals surface area contributed by atoms with Crippen molar-refractivity contribution in [3.8, 4) is 11.4 Å². The second-order valence-corrected chi connectivity index (χ2v) is 5.09. The lowest BCUT2D eigenvalue weighted by atomic mass is 9.78. The quantitative estimate of drug-likeness (QED) is 0.830. The Labute approximate surface area is 115 Å². The van der Waals surface area contributed by atoms with E-state index in [1.54, 1.807) is 0 Å². The van der Waals surface area contributed by atoms with Crippen LogP contribution in [-0.2, 0) is 0 Å². The molecule has 1 aromatic heterocycles. The number of hydrogen-bond acceptors (Lipinski definition) is 3. The van der Waals surface area contributed by atoms with Crippen LogP contribution in [0.2, 0.25) is 10.6 Å². The van der Waals surface area contributed by atoms with E-state index in [9.17, 15) is 0 Å². The molecule has 0 atom stereocenters. The third kappa shape index (κ3) is 2.20. The van der Waals surface area contributed by atoms with E-state index in [2.05, 4.69) is 21.0 Å². The van der Waals surface area contributed by atoms with Gasteiger partial charge >= 0.3 is 0 Å². The minimum absolute atomic E-state index is 0.133. The molecule has 0 saturated heterocycles. The Balaban J connectivity index is 2.10. The minimum atomic E-state index is 0.133. The first-order valence-electron chi connectivity index (χ1n) is 5.90. The lowest BCUT2D eigenvalue weighted by molar-refractivity contribution is 0.420. The number of hydrogen-bond donors (Lipinski definition) is 0. The predicted molar refractivity (Wildman–Crippen MR) is 71.9 cm³/mol. The van der Waals surface area contributed by atoms with Gasteiger partial charge in [0.2, 0.25) is 10.6 Å². The van der Waals surface area contributed by atoms with E-state index in [0.29, 0.717) is 11.7 Å². The molecule has 0 radical (unpaired) electrons. The van der Waals surface area contributed by atoms with Gasteiger partial charge < -0.3 is 0 Å². The van der Waals surface area contributed by atoms with Gasteiger partial charge in [0.05, 0.1) is 0 Å². The summed E-state index contributed by atoms with van der Waals surface area (Å²) >= 11 is 11.7. The van der Waals surface area contributed by atoms with Crippen LogP contribution in [0.25, 0.3) is 11.4 Å². The van der Waals surface area contributed by atoms with E-state index in [-0.39, 0.29) is 10.6 Å². The molecule has 1 aromatic carbocycles. The third-order valence-electron chi connectivity index (χ3n) is 3.33. The van der Waals surface area contributed by atoms with Crippen molar-refractivity contribution >= 4 is 23.2 Å². The first-order chi connectivity index (χ1) is 8.74. The van der Waals surface area contributed by atoms with Crippen molar-refractivity contribution in [2.24, 2.45) is 0 Å². The zero-order valence-corrected chi connectivity index (χ0v) is 11.1.